The summed E-state index contributed by atoms with van der Waals surface area (Å²) in [6.07, 6.45) is 0.615. The van der Waals surface area contributed by atoms with Crippen molar-refractivity contribution >= 4 is 17.7 Å². The lowest BCUT2D eigenvalue weighted by molar-refractivity contribution is -0.128. The molecule has 2 atom stereocenters. The van der Waals surface area contributed by atoms with E-state index in [9.17, 15) is 18.8 Å². The minimum Gasteiger partial charge on any atom is -0.497 e. The number of carbonyl (C=O) groups is 3. The Morgan fingerprint density at radius 3 is 2.30 bits per heavy atom. The molecule has 0 bridgehead atoms. The van der Waals surface area contributed by atoms with Gasteiger partial charge in [-0.15, -0.1) is 0 Å². The minimum atomic E-state index is -1.07. The summed E-state index contributed by atoms with van der Waals surface area (Å²) in [6.45, 7) is 2.49. The van der Waals surface area contributed by atoms with Gasteiger partial charge in [0.05, 0.1) is 19.8 Å². The van der Waals surface area contributed by atoms with Crippen LogP contribution in [0, 0.1) is 5.82 Å². The quantitative estimate of drug-likeness (QED) is 0.502. The number of hydrogen-bond acceptors (Lipinski definition) is 5. The molecule has 0 saturated carbocycles. The van der Waals surface area contributed by atoms with Gasteiger partial charge in [-0.2, -0.15) is 0 Å². The molecule has 3 amide bonds. The van der Waals surface area contributed by atoms with Gasteiger partial charge >= 0.3 is 0 Å². The lowest BCUT2D eigenvalue weighted by Crippen LogP contribution is -2.60. The van der Waals surface area contributed by atoms with Gasteiger partial charge in [0, 0.05) is 37.1 Å². The first-order valence-corrected chi connectivity index (χ1v) is 13.3. The molecule has 3 aromatic carbocycles. The molecule has 3 aromatic rings. The van der Waals surface area contributed by atoms with Crippen molar-refractivity contribution in [1.82, 2.24) is 15.1 Å². The number of hydrogen-bond donors (Lipinski definition) is 1. The fourth-order valence-corrected chi connectivity index (χ4v) is 5.46. The van der Waals surface area contributed by atoms with Crippen LogP contribution in [0.2, 0.25) is 0 Å². The van der Waals surface area contributed by atoms with Crippen LogP contribution in [0.3, 0.4) is 0 Å². The first-order valence-electron chi connectivity index (χ1n) is 13.3. The van der Waals surface area contributed by atoms with E-state index in [2.05, 4.69) is 5.32 Å². The summed E-state index contributed by atoms with van der Waals surface area (Å²) in [7, 11) is 1.52. The van der Waals surface area contributed by atoms with E-state index in [4.69, 9.17) is 9.47 Å². The third-order valence-corrected chi connectivity index (χ3v) is 7.66. The van der Waals surface area contributed by atoms with E-state index in [-0.39, 0.29) is 49.0 Å². The topological polar surface area (TPSA) is 88.2 Å². The second-order valence-electron chi connectivity index (χ2n) is 10.1. The van der Waals surface area contributed by atoms with Crippen LogP contribution in [0.15, 0.2) is 78.9 Å². The molecule has 1 N–H and O–H groups in total. The third kappa shape index (κ3) is 5.42. The van der Waals surface area contributed by atoms with Gasteiger partial charge in [-0.25, -0.2) is 4.39 Å². The van der Waals surface area contributed by atoms with Crippen LogP contribution in [0.5, 0.6) is 5.75 Å². The monoisotopic (exact) mass is 545 g/mol. The van der Waals surface area contributed by atoms with E-state index in [1.807, 2.05) is 37.3 Å². The van der Waals surface area contributed by atoms with Crippen molar-refractivity contribution in [2.45, 2.75) is 37.6 Å². The first kappa shape index (κ1) is 27.3. The molecule has 9 heteroatoms. The molecule has 0 aromatic heterocycles. The number of ether oxygens (including phenoxy) is 2. The van der Waals surface area contributed by atoms with Crippen LogP contribution >= 0.6 is 0 Å². The average molecular weight is 546 g/mol. The van der Waals surface area contributed by atoms with Crippen molar-refractivity contribution in [3.05, 3.63) is 101 Å². The Hall–Kier alpha value is -4.24. The number of halogens is 1. The standard InChI is InChI=1S/C31H32FN3O5/c1-21(22-8-4-3-5-9-22)33-28(36)27-20-40-31(35(27)30(38)24-11-7-13-26(19-24)39-2)14-16-34(17-15-31)29(37)23-10-6-12-25(32)18-23/h3-13,18-19,21,27H,14-17,20H2,1-2H3,(H,33,36)/t21-,27-/m1/s1. The molecule has 5 rings (SSSR count). The fourth-order valence-electron chi connectivity index (χ4n) is 5.46. The smallest absolute Gasteiger partial charge is 0.257 e. The Bertz CT molecular complexity index is 1390. The molecule has 0 aliphatic carbocycles. The Balaban J connectivity index is 1.39. The highest BCUT2D eigenvalue weighted by atomic mass is 19.1. The van der Waals surface area contributed by atoms with Crippen LogP contribution in [0.1, 0.15) is 52.1 Å². The lowest BCUT2D eigenvalue weighted by atomic mass is 9.96. The predicted octanol–water partition coefficient (Wildman–Crippen LogP) is 4.19. The zero-order chi connectivity index (χ0) is 28.3. The number of nitrogens with zero attached hydrogens (tertiary/aromatic N) is 2. The summed E-state index contributed by atoms with van der Waals surface area (Å²) in [6, 6.07) is 20.8. The molecule has 0 radical (unpaired) electrons. The van der Waals surface area contributed by atoms with Crippen LogP contribution in [-0.2, 0) is 9.53 Å². The maximum Gasteiger partial charge on any atom is 0.257 e. The van der Waals surface area contributed by atoms with E-state index in [0.717, 1.165) is 5.56 Å². The van der Waals surface area contributed by atoms with Crippen LogP contribution in [0.4, 0.5) is 4.39 Å². The minimum absolute atomic E-state index is 0.0287. The number of piperidine rings is 1. The van der Waals surface area contributed by atoms with Crippen molar-refractivity contribution in [3.8, 4) is 5.75 Å². The summed E-state index contributed by atoms with van der Waals surface area (Å²) in [4.78, 5) is 43.8. The molecule has 1 spiro atoms. The Kier molecular flexibility index (Phi) is 7.84. The highest BCUT2D eigenvalue weighted by Crippen LogP contribution is 2.39. The number of methoxy groups -OCH3 is 1. The highest BCUT2D eigenvalue weighted by Gasteiger charge is 2.54. The number of rotatable bonds is 6. The lowest BCUT2D eigenvalue weighted by Gasteiger charge is -2.44. The predicted molar refractivity (Wildman–Crippen MR) is 146 cm³/mol. The van der Waals surface area contributed by atoms with E-state index in [1.54, 1.807) is 40.1 Å². The SMILES string of the molecule is COc1cccc(C(=O)N2[C@@H](C(=O)N[C@H](C)c3ccccc3)COC23CCN(C(=O)c2cccc(F)c2)CC3)c1. The molecule has 2 saturated heterocycles. The van der Waals surface area contributed by atoms with E-state index >= 15 is 0 Å². The van der Waals surface area contributed by atoms with Gasteiger partial charge in [-0.3, -0.25) is 19.3 Å². The van der Waals surface area contributed by atoms with Crippen molar-refractivity contribution < 1.29 is 28.2 Å². The van der Waals surface area contributed by atoms with Crippen LogP contribution in [0.25, 0.3) is 0 Å². The van der Waals surface area contributed by atoms with Crippen molar-refractivity contribution in [2.75, 3.05) is 26.8 Å². The second kappa shape index (κ2) is 11.5. The van der Waals surface area contributed by atoms with Crippen molar-refractivity contribution in [3.63, 3.8) is 0 Å². The molecule has 208 valence electrons. The van der Waals surface area contributed by atoms with E-state index in [0.29, 0.717) is 24.2 Å². The Morgan fingerprint density at radius 2 is 1.62 bits per heavy atom. The normalized spacial score (nSPS) is 18.8. The molecule has 2 fully saturated rings. The number of likely N-dealkylation sites (tertiary alicyclic amines) is 1. The van der Waals surface area contributed by atoms with Crippen LogP contribution in [-0.4, -0.2) is 66.1 Å². The van der Waals surface area contributed by atoms with Gasteiger partial charge in [0.1, 0.15) is 23.3 Å². The zero-order valence-electron chi connectivity index (χ0n) is 22.5. The van der Waals surface area contributed by atoms with E-state index < -0.39 is 17.6 Å². The summed E-state index contributed by atoms with van der Waals surface area (Å²) in [5.74, 6) is -0.915. The number of amides is 3. The molecule has 2 heterocycles. The number of nitrogens with one attached hydrogen (secondary N) is 1. The third-order valence-electron chi connectivity index (χ3n) is 7.66. The largest absolute Gasteiger partial charge is 0.497 e. The van der Waals surface area contributed by atoms with Gasteiger partial charge in [-0.05, 0) is 48.9 Å². The summed E-state index contributed by atoms with van der Waals surface area (Å²) >= 11 is 0. The molecular formula is C31H32FN3O5. The highest BCUT2D eigenvalue weighted by molar-refractivity contribution is 5.99. The Morgan fingerprint density at radius 1 is 0.950 bits per heavy atom. The van der Waals surface area contributed by atoms with Gasteiger partial charge < -0.3 is 19.7 Å². The molecule has 8 nitrogen and oxygen atoms in total. The summed E-state index contributed by atoms with van der Waals surface area (Å²) in [5, 5.41) is 3.04. The van der Waals surface area contributed by atoms with E-state index in [1.165, 1.54) is 25.3 Å². The summed E-state index contributed by atoms with van der Waals surface area (Å²) < 4.78 is 25.3. The zero-order valence-corrected chi connectivity index (χ0v) is 22.5. The molecule has 40 heavy (non-hydrogen) atoms. The maximum absolute atomic E-state index is 14.0. The van der Waals surface area contributed by atoms with Crippen molar-refractivity contribution in [2.24, 2.45) is 0 Å². The van der Waals surface area contributed by atoms with Gasteiger partial charge in [0.2, 0.25) is 5.91 Å². The van der Waals surface area contributed by atoms with Gasteiger partial charge in [0.25, 0.3) is 11.8 Å². The maximum atomic E-state index is 14.0. The first-order chi connectivity index (χ1) is 19.3. The second-order valence-corrected chi connectivity index (χ2v) is 10.1. The fraction of sp³-hybridized carbons (Fsp3) is 0.323. The number of benzene rings is 3. The molecule has 0 unspecified atom stereocenters. The van der Waals surface area contributed by atoms with Gasteiger partial charge in [0.15, 0.2) is 0 Å². The van der Waals surface area contributed by atoms with Gasteiger partial charge in [-0.1, -0.05) is 42.5 Å². The summed E-state index contributed by atoms with van der Waals surface area (Å²) in [5.41, 5.74) is 0.507. The van der Waals surface area contributed by atoms with Crippen molar-refractivity contribution in [1.29, 1.82) is 0 Å². The Labute approximate surface area is 232 Å². The average Bonchev–Trinajstić information content (AvgIpc) is 3.35. The molecule has 2 aliphatic rings. The number of carbonyl (C=O) groups excluding carboxylic acids is 3. The van der Waals surface area contributed by atoms with Crippen LogP contribution < -0.4 is 10.1 Å². The molecule has 2 aliphatic heterocycles. The molecular weight excluding hydrogens is 513 g/mol.